The monoisotopic (exact) mass is 183 g/mol. The number of nitrogens with zero attached hydrogens (tertiary/aromatic N) is 3. The van der Waals surface area contributed by atoms with Gasteiger partial charge in [-0.05, 0) is 0 Å². The maximum atomic E-state index is 7.52. The molecule has 6 heteroatoms. The Morgan fingerprint density at radius 3 is 2.77 bits per heavy atom. The molecule has 1 aromatic heterocycles. The van der Waals surface area contributed by atoms with Gasteiger partial charge < -0.3 is 15.1 Å². The lowest BCUT2D eigenvalue weighted by Gasteiger charge is -2.21. The fourth-order valence-electron chi connectivity index (χ4n) is 1.55. The number of aromatic nitrogens is 2. The van der Waals surface area contributed by atoms with Crippen molar-refractivity contribution in [2.45, 2.75) is 0 Å². The van der Waals surface area contributed by atoms with Gasteiger partial charge in [-0.3, -0.25) is 15.0 Å². The molecule has 0 bridgehead atoms. The zero-order chi connectivity index (χ0) is 9.26. The van der Waals surface area contributed by atoms with Gasteiger partial charge >= 0.3 is 5.82 Å². The molecule has 1 saturated heterocycles. The van der Waals surface area contributed by atoms with E-state index in [1.807, 2.05) is 0 Å². The molecule has 0 amide bonds. The van der Waals surface area contributed by atoms with Crippen LogP contribution in [0.4, 0.5) is 5.82 Å². The van der Waals surface area contributed by atoms with Crippen LogP contribution in [-0.4, -0.2) is 26.2 Å². The normalized spacial score (nSPS) is 17.8. The molecule has 1 fully saturated rings. The Balaban J connectivity index is 2.27. The van der Waals surface area contributed by atoms with Crippen LogP contribution in [0.25, 0.3) is 0 Å². The van der Waals surface area contributed by atoms with Crippen LogP contribution in [0.1, 0.15) is 0 Å². The van der Waals surface area contributed by atoms with Crippen LogP contribution in [0.2, 0.25) is 0 Å². The third-order valence-electron chi connectivity index (χ3n) is 2.18. The molecule has 0 atom stereocenters. The SMILES string of the molecule is C[n+]1[n-]oc(=N)c1N1CCNCC1. The van der Waals surface area contributed by atoms with E-state index in [0.29, 0.717) is 0 Å². The van der Waals surface area contributed by atoms with Crippen LogP contribution in [0.3, 0.4) is 0 Å². The molecule has 1 aromatic rings. The molecule has 0 unspecified atom stereocenters. The fourth-order valence-corrected chi connectivity index (χ4v) is 1.55. The average molecular weight is 183 g/mol. The van der Waals surface area contributed by atoms with Gasteiger partial charge in [0.05, 0.1) is 20.1 Å². The van der Waals surface area contributed by atoms with E-state index in [4.69, 9.17) is 9.93 Å². The third-order valence-corrected chi connectivity index (χ3v) is 2.18. The van der Waals surface area contributed by atoms with Gasteiger partial charge in [0.1, 0.15) is 0 Å². The lowest BCUT2D eigenvalue weighted by Crippen LogP contribution is -2.50. The van der Waals surface area contributed by atoms with Gasteiger partial charge in [0.25, 0.3) is 5.55 Å². The summed E-state index contributed by atoms with van der Waals surface area (Å²) in [5, 5.41) is 14.5. The number of rotatable bonds is 1. The number of hydrogen-bond acceptors (Lipinski definition) is 4. The summed E-state index contributed by atoms with van der Waals surface area (Å²) in [7, 11) is 1.79. The lowest BCUT2D eigenvalue weighted by atomic mass is 10.4. The molecule has 1 aliphatic rings. The Kier molecular flexibility index (Phi) is 2.05. The molecule has 13 heavy (non-hydrogen) atoms. The molecule has 0 spiro atoms. The summed E-state index contributed by atoms with van der Waals surface area (Å²) in [5.74, 6) is 0.765. The van der Waals surface area contributed by atoms with Crippen LogP contribution in [0.15, 0.2) is 4.52 Å². The van der Waals surface area contributed by atoms with E-state index in [1.165, 1.54) is 0 Å². The smallest absolute Gasteiger partial charge is 0.327 e. The Hall–Kier alpha value is -1.30. The summed E-state index contributed by atoms with van der Waals surface area (Å²) in [6, 6.07) is 0. The summed E-state index contributed by atoms with van der Waals surface area (Å²) in [6.45, 7) is 3.71. The Morgan fingerprint density at radius 2 is 2.23 bits per heavy atom. The highest BCUT2D eigenvalue weighted by molar-refractivity contribution is 5.28. The van der Waals surface area contributed by atoms with Gasteiger partial charge in [-0.2, -0.15) is 0 Å². The second-order valence-electron chi connectivity index (χ2n) is 3.09. The number of anilines is 1. The predicted molar refractivity (Wildman–Crippen MR) is 44.1 cm³/mol. The zero-order valence-corrected chi connectivity index (χ0v) is 7.58. The minimum atomic E-state index is 0.143. The highest BCUT2D eigenvalue weighted by Crippen LogP contribution is 2.00. The molecular weight excluding hydrogens is 170 g/mol. The minimum Gasteiger partial charge on any atom is -0.506 e. The summed E-state index contributed by atoms with van der Waals surface area (Å²) in [5.41, 5.74) is 0.143. The highest BCUT2D eigenvalue weighted by Gasteiger charge is 2.21. The standard InChI is InChI=1S/C7H13N5O/c1-11-7(6(8)13-10-11)12-4-2-9-3-5-12/h8-9H,2-5H2,1H3. The van der Waals surface area contributed by atoms with Crippen molar-refractivity contribution < 1.29 is 9.20 Å². The van der Waals surface area contributed by atoms with E-state index in [1.54, 1.807) is 11.7 Å². The number of piperazine rings is 1. The van der Waals surface area contributed by atoms with E-state index in [2.05, 4.69) is 15.5 Å². The van der Waals surface area contributed by atoms with Crippen molar-refractivity contribution >= 4 is 5.82 Å². The molecule has 0 aromatic carbocycles. The van der Waals surface area contributed by atoms with E-state index >= 15 is 0 Å². The molecule has 72 valence electrons. The molecular formula is C7H13N5O. The topological polar surface area (TPSA) is 70.2 Å². The Bertz CT molecular complexity index is 335. The first kappa shape index (κ1) is 8.31. The zero-order valence-electron chi connectivity index (χ0n) is 7.58. The van der Waals surface area contributed by atoms with Crippen molar-refractivity contribution in [2.75, 3.05) is 31.1 Å². The van der Waals surface area contributed by atoms with Crippen molar-refractivity contribution in [3.8, 4) is 0 Å². The molecule has 1 aliphatic heterocycles. The number of hydrogen-bond donors (Lipinski definition) is 2. The van der Waals surface area contributed by atoms with Gasteiger partial charge in [0.2, 0.25) is 0 Å². The van der Waals surface area contributed by atoms with Gasteiger partial charge in [0.15, 0.2) is 0 Å². The molecule has 2 rings (SSSR count). The maximum absolute atomic E-state index is 7.52. The van der Waals surface area contributed by atoms with Gasteiger partial charge in [0, 0.05) is 13.1 Å². The van der Waals surface area contributed by atoms with Gasteiger partial charge in [-0.1, -0.05) is 0 Å². The van der Waals surface area contributed by atoms with E-state index in [0.717, 1.165) is 32.0 Å². The number of nitrogens with one attached hydrogen (secondary N) is 2. The minimum absolute atomic E-state index is 0.143. The Labute approximate surface area is 75.6 Å². The number of aryl methyl sites for hydroxylation is 1. The largest absolute Gasteiger partial charge is 0.506 e. The predicted octanol–water partition coefficient (Wildman–Crippen LogP) is -2.05. The maximum Gasteiger partial charge on any atom is 0.327 e. The van der Waals surface area contributed by atoms with Crippen LogP contribution < -0.4 is 25.7 Å². The van der Waals surface area contributed by atoms with Crippen molar-refractivity contribution in [3.63, 3.8) is 0 Å². The van der Waals surface area contributed by atoms with E-state index in [9.17, 15) is 0 Å². The molecule has 2 heterocycles. The van der Waals surface area contributed by atoms with Gasteiger partial charge in [-0.25, -0.2) is 0 Å². The van der Waals surface area contributed by atoms with Crippen molar-refractivity contribution in [1.82, 2.24) is 10.6 Å². The third kappa shape index (κ3) is 1.44. The molecule has 2 N–H and O–H groups in total. The van der Waals surface area contributed by atoms with Crippen LogP contribution >= 0.6 is 0 Å². The first-order valence-electron chi connectivity index (χ1n) is 4.32. The summed E-state index contributed by atoms with van der Waals surface area (Å²) in [6.07, 6.45) is 0. The lowest BCUT2D eigenvalue weighted by molar-refractivity contribution is -0.734. The second-order valence-corrected chi connectivity index (χ2v) is 3.09. The summed E-state index contributed by atoms with van der Waals surface area (Å²) < 4.78 is 6.37. The van der Waals surface area contributed by atoms with E-state index < -0.39 is 0 Å². The van der Waals surface area contributed by atoms with Crippen molar-refractivity contribution in [2.24, 2.45) is 7.05 Å². The van der Waals surface area contributed by atoms with Crippen LogP contribution in [0, 0.1) is 5.41 Å². The molecule has 0 saturated carbocycles. The van der Waals surface area contributed by atoms with Crippen LogP contribution in [-0.2, 0) is 7.05 Å². The van der Waals surface area contributed by atoms with E-state index in [-0.39, 0.29) is 5.55 Å². The highest BCUT2D eigenvalue weighted by atomic mass is 16.5. The quantitative estimate of drug-likeness (QED) is 0.492. The molecule has 0 aliphatic carbocycles. The molecule has 6 nitrogen and oxygen atoms in total. The summed E-state index contributed by atoms with van der Waals surface area (Å²) >= 11 is 0. The first-order chi connectivity index (χ1) is 6.29. The van der Waals surface area contributed by atoms with Gasteiger partial charge in [-0.15, -0.1) is 0 Å². The second kappa shape index (κ2) is 3.21. The van der Waals surface area contributed by atoms with Crippen LogP contribution in [0.5, 0.6) is 0 Å². The van der Waals surface area contributed by atoms with Crippen molar-refractivity contribution in [1.29, 1.82) is 5.41 Å². The molecule has 0 radical (unpaired) electrons. The Morgan fingerprint density at radius 1 is 1.54 bits per heavy atom. The van der Waals surface area contributed by atoms with Crippen molar-refractivity contribution in [3.05, 3.63) is 5.55 Å². The summed E-state index contributed by atoms with van der Waals surface area (Å²) in [4.78, 5) is 2.11. The first-order valence-corrected chi connectivity index (χ1v) is 4.32. The average Bonchev–Trinajstić information content (AvgIpc) is 2.48. The fraction of sp³-hybridized carbons (Fsp3) is 0.714.